The third kappa shape index (κ3) is 2.67. The third-order valence-corrected chi connectivity index (χ3v) is 4.74. The van der Waals surface area contributed by atoms with E-state index in [1.165, 1.54) is 13.2 Å². The topological polar surface area (TPSA) is 55.8 Å². The fourth-order valence-corrected chi connectivity index (χ4v) is 3.81. The molecule has 6 heteroatoms. The molecule has 0 saturated carbocycles. The lowest BCUT2D eigenvalue weighted by atomic mass is 9.85. The first-order valence-electron chi connectivity index (χ1n) is 6.97. The van der Waals surface area contributed by atoms with Crippen molar-refractivity contribution >= 4 is 21.9 Å². The highest BCUT2D eigenvalue weighted by Gasteiger charge is 2.50. The van der Waals surface area contributed by atoms with Gasteiger partial charge in [-0.1, -0.05) is 24.3 Å². The van der Waals surface area contributed by atoms with E-state index in [4.69, 9.17) is 9.47 Å². The highest BCUT2D eigenvalue weighted by molar-refractivity contribution is 9.10. The van der Waals surface area contributed by atoms with Gasteiger partial charge in [0.15, 0.2) is 4.51 Å². The first-order chi connectivity index (χ1) is 11.0. The maximum absolute atomic E-state index is 14.4. The van der Waals surface area contributed by atoms with Crippen LogP contribution in [0.5, 0.6) is 0 Å². The van der Waals surface area contributed by atoms with Crippen LogP contribution in [0, 0.1) is 5.82 Å². The molecule has 4 nitrogen and oxygen atoms in total. The molecule has 0 fully saturated rings. The van der Waals surface area contributed by atoms with Crippen LogP contribution in [0.3, 0.4) is 0 Å². The number of benzene rings is 1. The van der Waals surface area contributed by atoms with E-state index in [0.29, 0.717) is 22.7 Å². The van der Waals surface area contributed by atoms with Crippen LogP contribution in [0.4, 0.5) is 4.39 Å². The summed E-state index contributed by atoms with van der Waals surface area (Å²) >= 11 is 3.40. The summed E-state index contributed by atoms with van der Waals surface area (Å²) in [7, 11) is 1.49. The Morgan fingerprint density at radius 1 is 1.48 bits per heavy atom. The number of carbonyl (C=O) groups is 1. The number of carboxylic acids is 1. The number of halogens is 2. The number of hydrogen-bond donors (Lipinski definition) is 1. The van der Waals surface area contributed by atoms with Crippen LogP contribution in [-0.2, 0) is 14.3 Å². The number of aliphatic carboxylic acids is 1. The molecule has 0 spiro atoms. The van der Waals surface area contributed by atoms with E-state index in [1.807, 2.05) is 0 Å². The van der Waals surface area contributed by atoms with Gasteiger partial charge >= 0.3 is 5.97 Å². The normalized spacial score (nSPS) is 25.7. The van der Waals surface area contributed by atoms with Gasteiger partial charge in [-0.15, -0.1) is 0 Å². The van der Waals surface area contributed by atoms with Crippen molar-refractivity contribution in [1.29, 1.82) is 0 Å². The minimum atomic E-state index is -1.34. The Kier molecular flexibility index (Phi) is 4.02. The van der Waals surface area contributed by atoms with Crippen LogP contribution < -0.4 is 0 Å². The zero-order valence-corrected chi connectivity index (χ0v) is 13.8. The molecule has 120 valence electrons. The van der Waals surface area contributed by atoms with Crippen molar-refractivity contribution in [1.82, 2.24) is 0 Å². The maximum Gasteiger partial charge on any atom is 0.308 e. The summed E-state index contributed by atoms with van der Waals surface area (Å²) in [5.74, 6) is -1.26. The highest BCUT2D eigenvalue weighted by atomic mass is 79.9. The molecule has 0 bridgehead atoms. The van der Waals surface area contributed by atoms with E-state index in [-0.39, 0.29) is 6.42 Å². The van der Waals surface area contributed by atoms with Crippen molar-refractivity contribution in [2.75, 3.05) is 7.11 Å². The van der Waals surface area contributed by atoms with Gasteiger partial charge in [0.2, 0.25) is 0 Å². The predicted molar refractivity (Wildman–Crippen MR) is 85.4 cm³/mol. The first kappa shape index (κ1) is 15.8. The Morgan fingerprint density at radius 2 is 2.22 bits per heavy atom. The van der Waals surface area contributed by atoms with Crippen LogP contribution >= 0.6 is 15.9 Å². The van der Waals surface area contributed by atoms with Gasteiger partial charge in [-0.2, -0.15) is 0 Å². The van der Waals surface area contributed by atoms with Gasteiger partial charge in [0, 0.05) is 5.56 Å². The van der Waals surface area contributed by atoms with E-state index in [2.05, 4.69) is 15.9 Å². The van der Waals surface area contributed by atoms with Crippen molar-refractivity contribution in [3.8, 4) is 0 Å². The molecule has 1 aliphatic heterocycles. The van der Waals surface area contributed by atoms with Crippen LogP contribution in [0.1, 0.15) is 17.9 Å². The van der Waals surface area contributed by atoms with Gasteiger partial charge in [-0.3, -0.25) is 4.79 Å². The largest absolute Gasteiger partial charge is 0.499 e. The summed E-state index contributed by atoms with van der Waals surface area (Å²) in [4.78, 5) is 11.3. The van der Waals surface area contributed by atoms with E-state index >= 15 is 0 Å². The Balaban J connectivity index is 2.22. The lowest BCUT2D eigenvalue weighted by Gasteiger charge is -2.41. The molecular weight excluding hydrogens is 367 g/mol. The standard InChI is InChI=1S/C17H14BrFO4/c1-22-16-11-6-4-8-13(11)23-17(18,9-14(20)21)15(16)10-5-2-3-7-12(10)19/h2-8,15H,9H2,1H3,(H,20,21). The molecule has 0 saturated heterocycles. The molecule has 2 unspecified atom stereocenters. The molecule has 1 aromatic carbocycles. The number of alkyl halides is 1. The summed E-state index contributed by atoms with van der Waals surface area (Å²) in [6.45, 7) is 0. The number of hydrogen-bond acceptors (Lipinski definition) is 3. The molecule has 0 aromatic heterocycles. The summed E-state index contributed by atoms with van der Waals surface area (Å²) in [5.41, 5.74) is 1.01. The lowest BCUT2D eigenvalue weighted by molar-refractivity contribution is -0.140. The molecule has 1 heterocycles. The molecular formula is C17H14BrFO4. The van der Waals surface area contributed by atoms with E-state index in [9.17, 15) is 14.3 Å². The second-order valence-electron chi connectivity index (χ2n) is 5.29. The van der Waals surface area contributed by atoms with Gasteiger partial charge < -0.3 is 14.6 Å². The van der Waals surface area contributed by atoms with E-state index < -0.39 is 22.2 Å². The van der Waals surface area contributed by atoms with Crippen LogP contribution in [0.15, 0.2) is 59.6 Å². The molecule has 23 heavy (non-hydrogen) atoms. The van der Waals surface area contributed by atoms with Crippen molar-refractivity contribution < 1.29 is 23.8 Å². The minimum Gasteiger partial charge on any atom is -0.499 e. The second kappa shape index (κ2) is 5.85. The molecule has 1 aromatic rings. The number of fused-ring (bicyclic) bond motifs is 1. The smallest absolute Gasteiger partial charge is 0.308 e. The average Bonchev–Trinajstić information content (AvgIpc) is 2.93. The van der Waals surface area contributed by atoms with Crippen LogP contribution in [-0.4, -0.2) is 22.7 Å². The van der Waals surface area contributed by atoms with Crippen molar-refractivity contribution in [2.24, 2.45) is 0 Å². The zero-order valence-electron chi connectivity index (χ0n) is 12.3. The number of carboxylic acid groups (broad SMARTS) is 1. The van der Waals surface area contributed by atoms with E-state index in [1.54, 1.807) is 36.4 Å². The number of methoxy groups -OCH3 is 1. The predicted octanol–water partition coefficient (Wildman–Crippen LogP) is 3.86. The molecule has 2 atom stereocenters. The second-order valence-corrected chi connectivity index (χ2v) is 6.63. The highest BCUT2D eigenvalue weighted by Crippen LogP contribution is 2.53. The Labute approximate surface area is 141 Å². The van der Waals surface area contributed by atoms with Gasteiger partial charge in [0.25, 0.3) is 0 Å². The van der Waals surface area contributed by atoms with Crippen LogP contribution in [0.25, 0.3) is 0 Å². The fourth-order valence-electron chi connectivity index (χ4n) is 2.94. The van der Waals surface area contributed by atoms with Gasteiger partial charge in [0.1, 0.15) is 17.3 Å². The first-order valence-corrected chi connectivity index (χ1v) is 7.76. The van der Waals surface area contributed by atoms with Gasteiger partial charge in [-0.25, -0.2) is 4.39 Å². The quantitative estimate of drug-likeness (QED) is 0.805. The van der Waals surface area contributed by atoms with Crippen molar-refractivity contribution in [3.05, 3.63) is 71.0 Å². The summed E-state index contributed by atoms with van der Waals surface area (Å²) in [6, 6.07) is 6.21. The van der Waals surface area contributed by atoms with Gasteiger partial charge in [0.05, 0.1) is 25.0 Å². The van der Waals surface area contributed by atoms with Gasteiger partial charge in [-0.05, 0) is 34.1 Å². The SMILES string of the molecule is COC1=C2C=CC=C2OC(Br)(CC(=O)O)C1c1ccccc1F. The molecule has 3 rings (SSSR count). The molecule has 0 radical (unpaired) electrons. The molecule has 2 aliphatic rings. The Bertz CT molecular complexity index is 753. The number of ether oxygens (including phenoxy) is 2. The van der Waals surface area contributed by atoms with Crippen LogP contribution in [0.2, 0.25) is 0 Å². The lowest BCUT2D eigenvalue weighted by Crippen LogP contribution is -2.40. The Morgan fingerprint density at radius 3 is 2.87 bits per heavy atom. The monoisotopic (exact) mass is 380 g/mol. The summed E-state index contributed by atoms with van der Waals surface area (Å²) in [5, 5.41) is 9.27. The zero-order chi connectivity index (χ0) is 16.6. The number of allylic oxidation sites excluding steroid dienone is 3. The van der Waals surface area contributed by atoms with E-state index in [0.717, 1.165) is 0 Å². The molecule has 1 N–H and O–H groups in total. The maximum atomic E-state index is 14.4. The summed E-state index contributed by atoms with van der Waals surface area (Å²) < 4.78 is 24.4. The number of rotatable bonds is 4. The van der Waals surface area contributed by atoms with Crippen molar-refractivity contribution in [2.45, 2.75) is 16.8 Å². The average molecular weight is 381 g/mol. The third-order valence-electron chi connectivity index (χ3n) is 3.84. The van der Waals surface area contributed by atoms with Crippen molar-refractivity contribution in [3.63, 3.8) is 0 Å². The summed E-state index contributed by atoms with van der Waals surface area (Å²) in [6.07, 6.45) is 4.95. The molecule has 1 aliphatic carbocycles. The molecule has 0 amide bonds. The fraction of sp³-hybridized carbons (Fsp3) is 0.235. The minimum absolute atomic E-state index is 0.314. The Hall–Kier alpha value is -2.08.